The molecule has 0 aliphatic rings. The van der Waals surface area contributed by atoms with Crippen LogP contribution < -0.4 is 14.9 Å². The quantitative estimate of drug-likeness (QED) is 0.423. The first-order chi connectivity index (χ1) is 12.5. The molecule has 138 valence electrons. The number of nitrogens with zero attached hydrogens (tertiary/aromatic N) is 1. The van der Waals surface area contributed by atoms with Crippen LogP contribution in [0.15, 0.2) is 50.4 Å². The zero-order chi connectivity index (χ0) is 18.9. The zero-order valence-corrected chi connectivity index (χ0v) is 18.3. The van der Waals surface area contributed by atoms with Crippen molar-refractivity contribution >= 4 is 55.7 Å². The molecule has 0 radical (unpaired) electrons. The molecule has 26 heavy (non-hydrogen) atoms. The van der Waals surface area contributed by atoms with Gasteiger partial charge in [0.05, 0.1) is 30.7 Å². The summed E-state index contributed by atoms with van der Waals surface area (Å²) in [6, 6.07) is 11.6. The van der Waals surface area contributed by atoms with Gasteiger partial charge in [-0.3, -0.25) is 4.79 Å². The van der Waals surface area contributed by atoms with E-state index in [2.05, 4.69) is 42.4 Å². The van der Waals surface area contributed by atoms with E-state index in [4.69, 9.17) is 9.47 Å². The molecule has 0 aliphatic carbocycles. The summed E-state index contributed by atoms with van der Waals surface area (Å²) < 4.78 is 12.3. The van der Waals surface area contributed by atoms with Crippen molar-refractivity contribution in [3.63, 3.8) is 0 Å². The molecule has 2 aromatic rings. The topological polar surface area (TPSA) is 59.9 Å². The van der Waals surface area contributed by atoms with E-state index >= 15 is 0 Å². The van der Waals surface area contributed by atoms with Gasteiger partial charge < -0.3 is 9.47 Å². The summed E-state index contributed by atoms with van der Waals surface area (Å²) >= 11 is 8.45. The third-order valence-corrected chi connectivity index (χ3v) is 5.65. The smallest absolute Gasteiger partial charge is 0.250 e. The molecule has 2 rings (SSSR count). The van der Waals surface area contributed by atoms with E-state index in [1.165, 1.54) is 11.8 Å². The number of carbonyl (C=O) groups excluding carboxylic acids is 1. The molecule has 0 unspecified atom stereocenters. The minimum atomic E-state index is -0.155. The van der Waals surface area contributed by atoms with E-state index in [1.807, 2.05) is 30.3 Å². The summed E-state index contributed by atoms with van der Waals surface area (Å²) in [6.45, 7) is 0. The van der Waals surface area contributed by atoms with Crippen LogP contribution in [0.25, 0.3) is 0 Å². The molecule has 0 saturated carbocycles. The minimum Gasteiger partial charge on any atom is -0.493 e. The number of hydrogen-bond acceptors (Lipinski definition) is 5. The highest BCUT2D eigenvalue weighted by Crippen LogP contribution is 2.35. The molecule has 8 heteroatoms. The summed E-state index contributed by atoms with van der Waals surface area (Å²) in [7, 11) is 3.14. The molecule has 1 amide bonds. The molecular weight excluding hydrogens is 484 g/mol. The van der Waals surface area contributed by atoms with Crippen LogP contribution in [-0.4, -0.2) is 32.1 Å². The van der Waals surface area contributed by atoms with Crippen LogP contribution in [0.5, 0.6) is 11.5 Å². The van der Waals surface area contributed by atoms with Crippen LogP contribution in [0.1, 0.15) is 11.1 Å². The normalized spacial score (nSPS) is 10.8. The molecule has 0 fully saturated rings. The van der Waals surface area contributed by atoms with Gasteiger partial charge in [-0.25, -0.2) is 5.43 Å². The number of hydrogen-bond donors (Lipinski definition) is 1. The van der Waals surface area contributed by atoms with Crippen molar-refractivity contribution < 1.29 is 14.3 Å². The minimum absolute atomic E-state index is 0.155. The molecule has 5 nitrogen and oxygen atoms in total. The van der Waals surface area contributed by atoms with Crippen LogP contribution in [0.3, 0.4) is 0 Å². The van der Waals surface area contributed by atoms with Crippen molar-refractivity contribution in [1.29, 1.82) is 0 Å². The lowest BCUT2D eigenvalue weighted by Gasteiger charge is -2.10. The van der Waals surface area contributed by atoms with Gasteiger partial charge in [0.2, 0.25) is 5.91 Å². The van der Waals surface area contributed by atoms with Gasteiger partial charge >= 0.3 is 0 Å². The van der Waals surface area contributed by atoms with E-state index in [-0.39, 0.29) is 5.91 Å². The fraction of sp³-hybridized carbons (Fsp3) is 0.222. The molecule has 0 heterocycles. The van der Waals surface area contributed by atoms with E-state index in [1.54, 1.807) is 26.5 Å². The molecule has 0 atom stereocenters. The number of benzene rings is 2. The third kappa shape index (κ3) is 6.03. The largest absolute Gasteiger partial charge is 0.493 e. The Labute approximate surface area is 173 Å². The fourth-order valence-corrected chi connectivity index (χ4v) is 4.15. The summed E-state index contributed by atoms with van der Waals surface area (Å²) in [5.41, 5.74) is 4.46. The number of thioether (sulfide) groups is 1. The maximum absolute atomic E-state index is 11.9. The van der Waals surface area contributed by atoms with Crippen molar-refractivity contribution in [3.05, 3.63) is 56.5 Å². The van der Waals surface area contributed by atoms with Gasteiger partial charge in [0.15, 0.2) is 11.5 Å². The first-order valence-electron chi connectivity index (χ1n) is 7.59. The number of rotatable bonds is 8. The first-order valence-corrected chi connectivity index (χ1v) is 10.3. The molecule has 0 saturated heterocycles. The van der Waals surface area contributed by atoms with E-state index in [0.717, 1.165) is 25.8 Å². The Morgan fingerprint density at radius 1 is 1.19 bits per heavy atom. The number of halogens is 2. The summed E-state index contributed by atoms with van der Waals surface area (Å²) in [5.74, 6) is 2.11. The van der Waals surface area contributed by atoms with E-state index < -0.39 is 0 Å². The Morgan fingerprint density at radius 3 is 2.65 bits per heavy atom. The molecule has 0 spiro atoms. The summed E-state index contributed by atoms with van der Waals surface area (Å²) in [4.78, 5) is 11.9. The number of carbonyl (C=O) groups is 1. The van der Waals surface area contributed by atoms with Gasteiger partial charge in [0, 0.05) is 10.2 Å². The predicted molar refractivity (Wildman–Crippen MR) is 113 cm³/mol. The number of hydrazone groups is 1. The molecular formula is C18H18Br2N2O3S. The number of methoxy groups -OCH3 is 2. The fourth-order valence-electron chi connectivity index (χ4n) is 2.09. The second kappa shape index (κ2) is 10.6. The SMILES string of the molecule is COc1cc(/C=N\NC(=O)CSCc2ccccc2Br)cc(Br)c1OC. The molecule has 2 aromatic carbocycles. The third-order valence-electron chi connectivity index (χ3n) is 3.31. The van der Waals surface area contributed by atoms with Crippen LogP contribution in [0.4, 0.5) is 0 Å². The van der Waals surface area contributed by atoms with Gasteiger partial charge in [-0.15, -0.1) is 11.8 Å². The van der Waals surface area contributed by atoms with Crippen LogP contribution >= 0.6 is 43.6 Å². The van der Waals surface area contributed by atoms with Gasteiger partial charge in [0.25, 0.3) is 0 Å². The van der Waals surface area contributed by atoms with Crippen LogP contribution in [-0.2, 0) is 10.5 Å². The van der Waals surface area contributed by atoms with E-state index in [9.17, 15) is 4.79 Å². The average molecular weight is 502 g/mol. The molecule has 0 aliphatic heterocycles. The highest BCUT2D eigenvalue weighted by molar-refractivity contribution is 9.10. The second-order valence-corrected chi connectivity index (χ2v) is 7.81. The van der Waals surface area contributed by atoms with Gasteiger partial charge in [-0.1, -0.05) is 34.1 Å². The van der Waals surface area contributed by atoms with Crippen molar-refractivity contribution in [2.24, 2.45) is 5.10 Å². The van der Waals surface area contributed by atoms with Gasteiger partial charge in [-0.2, -0.15) is 5.10 Å². The highest BCUT2D eigenvalue weighted by Gasteiger charge is 2.09. The second-order valence-electron chi connectivity index (χ2n) is 5.12. The summed E-state index contributed by atoms with van der Waals surface area (Å²) in [6.07, 6.45) is 1.56. The van der Waals surface area contributed by atoms with Gasteiger partial charge in [0.1, 0.15) is 0 Å². The molecule has 0 aromatic heterocycles. The average Bonchev–Trinajstić information content (AvgIpc) is 2.62. The van der Waals surface area contributed by atoms with Crippen molar-refractivity contribution in [2.75, 3.05) is 20.0 Å². The predicted octanol–water partition coefficient (Wildman–Crippen LogP) is 4.61. The monoisotopic (exact) mass is 500 g/mol. The Bertz CT molecular complexity index is 800. The Kier molecular flexibility index (Phi) is 8.47. The van der Waals surface area contributed by atoms with E-state index in [0.29, 0.717) is 17.3 Å². The Balaban J connectivity index is 1.85. The molecule has 0 bridgehead atoms. The summed E-state index contributed by atoms with van der Waals surface area (Å²) in [5, 5.41) is 3.99. The Morgan fingerprint density at radius 2 is 1.96 bits per heavy atom. The maximum Gasteiger partial charge on any atom is 0.250 e. The zero-order valence-electron chi connectivity index (χ0n) is 14.3. The number of amides is 1. The lowest BCUT2D eigenvalue weighted by molar-refractivity contribution is -0.118. The van der Waals surface area contributed by atoms with Crippen LogP contribution in [0.2, 0.25) is 0 Å². The highest BCUT2D eigenvalue weighted by atomic mass is 79.9. The molecule has 1 N–H and O–H groups in total. The maximum atomic E-state index is 11.9. The number of ether oxygens (including phenoxy) is 2. The van der Waals surface area contributed by atoms with Gasteiger partial charge in [-0.05, 0) is 45.3 Å². The lowest BCUT2D eigenvalue weighted by atomic mass is 10.2. The standard InChI is InChI=1S/C18H18Br2N2O3S/c1-24-16-8-12(7-15(20)18(16)25-2)9-21-22-17(23)11-26-10-13-5-3-4-6-14(13)19/h3-9H,10-11H2,1-2H3,(H,22,23)/b21-9-. The van der Waals surface area contributed by atoms with Crippen molar-refractivity contribution in [3.8, 4) is 11.5 Å². The van der Waals surface area contributed by atoms with Crippen molar-refractivity contribution in [1.82, 2.24) is 5.43 Å². The van der Waals surface area contributed by atoms with Crippen LogP contribution in [0, 0.1) is 0 Å². The number of nitrogens with one attached hydrogen (secondary N) is 1. The van der Waals surface area contributed by atoms with Crippen molar-refractivity contribution in [2.45, 2.75) is 5.75 Å². The first kappa shape index (κ1) is 20.8. The lowest BCUT2D eigenvalue weighted by Crippen LogP contribution is -2.19. The Hall–Kier alpha value is -1.51.